The Morgan fingerprint density at radius 2 is 1.63 bits per heavy atom. The highest BCUT2D eigenvalue weighted by Crippen LogP contribution is 2.40. The molecule has 3 atom stereocenters. The Hall–Kier alpha value is -4.10. The van der Waals surface area contributed by atoms with Crippen molar-refractivity contribution in [1.82, 2.24) is 4.90 Å². The van der Waals surface area contributed by atoms with Crippen molar-refractivity contribution >= 4 is 17.7 Å². The number of carbonyl (C=O) groups excluding carboxylic acids is 2. The molecule has 7 heteroatoms. The highest BCUT2D eigenvalue weighted by molar-refractivity contribution is 5.91. The Bertz CT molecular complexity index is 1370. The smallest absolute Gasteiger partial charge is 0.411 e. The van der Waals surface area contributed by atoms with Gasteiger partial charge in [0.25, 0.3) is 0 Å². The molecule has 5 rings (SSSR count). The lowest BCUT2D eigenvalue weighted by Gasteiger charge is -2.20. The van der Waals surface area contributed by atoms with E-state index in [2.05, 4.69) is 16.3 Å². The molecule has 0 spiro atoms. The minimum atomic E-state index is -0.539. The summed E-state index contributed by atoms with van der Waals surface area (Å²) in [5, 5.41) is 2.96. The molecule has 41 heavy (non-hydrogen) atoms. The van der Waals surface area contributed by atoms with E-state index in [-0.39, 0.29) is 6.10 Å². The summed E-state index contributed by atoms with van der Waals surface area (Å²) in [6, 6.07) is 25.7. The van der Waals surface area contributed by atoms with E-state index in [9.17, 15) is 9.59 Å². The molecule has 0 radical (unpaired) electrons. The number of fused-ring (bicyclic) bond motifs is 1. The maximum absolute atomic E-state index is 12.8. The van der Waals surface area contributed by atoms with Crippen molar-refractivity contribution in [3.8, 4) is 16.9 Å². The first-order chi connectivity index (χ1) is 19.7. The Morgan fingerprint density at radius 1 is 0.927 bits per heavy atom. The van der Waals surface area contributed by atoms with E-state index in [0.29, 0.717) is 17.6 Å². The van der Waals surface area contributed by atoms with Gasteiger partial charge in [-0.2, -0.15) is 0 Å². The standard InChI is InChI=1S/C34H38N2O5/c1-34(2,3)41-32(37)16-17-39-28-13-9-10-24(18-28)21-36-22-26-19-29(20-27(26)23-36)40-33(38)35-31-15-8-7-14-30(31)25-11-5-4-6-12-25/h4-18,26-27,29H,19-23H2,1-3H3,(H,35,38)/b17-16+/t26-,27+,29?. The average molecular weight is 555 g/mol. The number of likely N-dealkylation sites (tertiary alicyclic amines) is 1. The van der Waals surface area contributed by atoms with Crippen molar-refractivity contribution < 1.29 is 23.8 Å². The zero-order chi connectivity index (χ0) is 28.8. The molecule has 1 saturated carbocycles. The largest absolute Gasteiger partial charge is 0.465 e. The molecule has 1 N–H and O–H groups in total. The summed E-state index contributed by atoms with van der Waals surface area (Å²) in [4.78, 5) is 27.1. The van der Waals surface area contributed by atoms with Crippen molar-refractivity contribution in [2.75, 3.05) is 18.4 Å². The fourth-order valence-electron chi connectivity index (χ4n) is 5.80. The summed E-state index contributed by atoms with van der Waals surface area (Å²) in [5.41, 5.74) is 3.38. The molecule has 1 amide bonds. The second kappa shape index (κ2) is 12.6. The minimum Gasteiger partial charge on any atom is -0.465 e. The van der Waals surface area contributed by atoms with Gasteiger partial charge in [-0.1, -0.05) is 60.7 Å². The molecular formula is C34H38N2O5. The number of anilines is 1. The van der Waals surface area contributed by atoms with Crippen LogP contribution in [0.25, 0.3) is 11.1 Å². The van der Waals surface area contributed by atoms with Crippen molar-refractivity contribution in [2.45, 2.75) is 51.9 Å². The minimum absolute atomic E-state index is 0.0653. The fraction of sp³-hybridized carbons (Fsp3) is 0.353. The van der Waals surface area contributed by atoms with E-state index in [1.807, 2.05) is 93.6 Å². The van der Waals surface area contributed by atoms with Crippen LogP contribution in [0.15, 0.2) is 91.2 Å². The number of ether oxygens (including phenoxy) is 3. The molecule has 7 nitrogen and oxygen atoms in total. The van der Waals surface area contributed by atoms with E-state index in [0.717, 1.165) is 54.9 Å². The summed E-state index contributed by atoms with van der Waals surface area (Å²) in [5.74, 6) is 1.27. The number of hydrogen-bond donors (Lipinski definition) is 1. The lowest BCUT2D eigenvalue weighted by Crippen LogP contribution is -2.25. The van der Waals surface area contributed by atoms with Crippen LogP contribution in [0.5, 0.6) is 5.75 Å². The lowest BCUT2D eigenvalue weighted by molar-refractivity contribution is -0.148. The van der Waals surface area contributed by atoms with Crippen molar-refractivity contribution in [2.24, 2.45) is 11.8 Å². The van der Waals surface area contributed by atoms with Gasteiger partial charge in [0.05, 0.1) is 18.0 Å². The van der Waals surface area contributed by atoms with E-state index in [1.165, 1.54) is 12.3 Å². The van der Waals surface area contributed by atoms with Crippen molar-refractivity contribution in [3.63, 3.8) is 0 Å². The van der Waals surface area contributed by atoms with Gasteiger partial charge in [0.1, 0.15) is 17.5 Å². The summed E-state index contributed by atoms with van der Waals surface area (Å²) in [6.45, 7) is 8.26. The number of amides is 1. The molecule has 1 heterocycles. The molecule has 2 fully saturated rings. The number of nitrogens with zero attached hydrogens (tertiary/aromatic N) is 1. The van der Waals surface area contributed by atoms with Crippen LogP contribution in [0.1, 0.15) is 39.2 Å². The van der Waals surface area contributed by atoms with Crippen LogP contribution < -0.4 is 10.1 Å². The van der Waals surface area contributed by atoms with Gasteiger partial charge in [-0.05, 0) is 74.8 Å². The SMILES string of the molecule is CC(C)(C)OC(=O)/C=C/Oc1cccc(CN2C[C@H]3CC(OC(=O)Nc4ccccc4-c4ccccc4)C[C@H]3C2)c1. The number of benzene rings is 3. The molecule has 1 saturated heterocycles. The van der Waals surface area contributed by atoms with Gasteiger partial charge < -0.3 is 14.2 Å². The van der Waals surface area contributed by atoms with Crippen LogP contribution in [-0.4, -0.2) is 41.8 Å². The number of para-hydroxylation sites is 1. The molecule has 1 aliphatic heterocycles. The monoisotopic (exact) mass is 554 g/mol. The van der Waals surface area contributed by atoms with E-state index in [4.69, 9.17) is 14.2 Å². The third-order valence-corrected chi connectivity index (χ3v) is 7.43. The normalized spacial score (nSPS) is 20.5. The van der Waals surface area contributed by atoms with Crippen LogP contribution in [0.3, 0.4) is 0 Å². The summed E-state index contributed by atoms with van der Waals surface area (Å²) < 4.78 is 16.8. The van der Waals surface area contributed by atoms with Crippen LogP contribution in [0, 0.1) is 11.8 Å². The topological polar surface area (TPSA) is 77.1 Å². The maximum atomic E-state index is 12.8. The lowest BCUT2D eigenvalue weighted by atomic mass is 10.0. The van der Waals surface area contributed by atoms with Gasteiger partial charge in [0.2, 0.25) is 0 Å². The molecular weight excluding hydrogens is 516 g/mol. The number of nitrogens with one attached hydrogen (secondary N) is 1. The third-order valence-electron chi connectivity index (χ3n) is 7.43. The number of hydrogen-bond acceptors (Lipinski definition) is 6. The number of esters is 1. The second-order valence-electron chi connectivity index (χ2n) is 11.9. The first kappa shape index (κ1) is 28.4. The quantitative estimate of drug-likeness (QED) is 0.183. The highest BCUT2D eigenvalue weighted by Gasteiger charge is 2.42. The number of carbonyl (C=O) groups is 2. The fourth-order valence-corrected chi connectivity index (χ4v) is 5.80. The molecule has 1 unspecified atom stereocenters. The third kappa shape index (κ3) is 7.98. The molecule has 3 aromatic rings. The van der Waals surface area contributed by atoms with E-state index >= 15 is 0 Å². The van der Waals surface area contributed by atoms with Gasteiger partial charge in [-0.3, -0.25) is 10.2 Å². The molecule has 2 aliphatic rings. The summed E-state index contributed by atoms with van der Waals surface area (Å²) >= 11 is 0. The predicted molar refractivity (Wildman–Crippen MR) is 159 cm³/mol. The first-order valence-corrected chi connectivity index (χ1v) is 14.2. The Balaban J connectivity index is 1.08. The number of rotatable bonds is 8. The summed E-state index contributed by atoms with van der Waals surface area (Å²) in [7, 11) is 0. The average Bonchev–Trinajstić information content (AvgIpc) is 3.46. The molecule has 1 aliphatic carbocycles. The first-order valence-electron chi connectivity index (χ1n) is 14.2. The summed E-state index contributed by atoms with van der Waals surface area (Å²) in [6.07, 6.45) is 3.96. The Labute approximate surface area is 242 Å². The Kier molecular flexibility index (Phi) is 8.74. The van der Waals surface area contributed by atoms with Crippen LogP contribution in [0.2, 0.25) is 0 Å². The van der Waals surface area contributed by atoms with Gasteiger partial charge in [-0.25, -0.2) is 9.59 Å². The molecule has 0 bridgehead atoms. The van der Waals surface area contributed by atoms with E-state index < -0.39 is 17.7 Å². The van der Waals surface area contributed by atoms with Crippen molar-refractivity contribution in [3.05, 3.63) is 96.8 Å². The van der Waals surface area contributed by atoms with Crippen LogP contribution >= 0.6 is 0 Å². The Morgan fingerprint density at radius 3 is 2.37 bits per heavy atom. The maximum Gasteiger partial charge on any atom is 0.411 e. The molecule has 3 aromatic carbocycles. The molecule has 0 aromatic heterocycles. The predicted octanol–water partition coefficient (Wildman–Crippen LogP) is 7.05. The zero-order valence-electron chi connectivity index (χ0n) is 23.9. The van der Waals surface area contributed by atoms with Crippen LogP contribution in [0.4, 0.5) is 10.5 Å². The van der Waals surface area contributed by atoms with Crippen LogP contribution in [-0.2, 0) is 20.8 Å². The zero-order valence-corrected chi connectivity index (χ0v) is 23.9. The van der Waals surface area contributed by atoms with Gasteiger partial charge >= 0.3 is 12.1 Å². The highest BCUT2D eigenvalue weighted by atomic mass is 16.6. The van der Waals surface area contributed by atoms with Gasteiger partial charge in [-0.15, -0.1) is 0 Å². The van der Waals surface area contributed by atoms with Gasteiger partial charge in [0, 0.05) is 25.2 Å². The van der Waals surface area contributed by atoms with Crippen molar-refractivity contribution in [1.29, 1.82) is 0 Å². The van der Waals surface area contributed by atoms with E-state index in [1.54, 1.807) is 0 Å². The van der Waals surface area contributed by atoms with Gasteiger partial charge in [0.15, 0.2) is 0 Å². The second-order valence-corrected chi connectivity index (χ2v) is 11.9. The molecule has 214 valence electrons.